The van der Waals surface area contributed by atoms with Crippen LogP contribution >= 0.6 is 0 Å². The highest BCUT2D eigenvalue weighted by atomic mass is 16.2. The van der Waals surface area contributed by atoms with Crippen molar-refractivity contribution < 1.29 is 4.79 Å². The van der Waals surface area contributed by atoms with E-state index in [4.69, 9.17) is 5.73 Å². The molecule has 1 heterocycles. The highest BCUT2D eigenvalue weighted by molar-refractivity contribution is 5.88. The summed E-state index contributed by atoms with van der Waals surface area (Å²) in [6, 6.07) is 10.6. The summed E-state index contributed by atoms with van der Waals surface area (Å²) in [7, 11) is 0. The zero-order valence-electron chi connectivity index (χ0n) is 12.6. The van der Waals surface area contributed by atoms with E-state index in [0.717, 1.165) is 51.9 Å². The highest BCUT2D eigenvalue weighted by Crippen LogP contribution is 2.32. The second kappa shape index (κ2) is 6.16. The maximum absolute atomic E-state index is 11.8. The normalized spacial score (nSPS) is 22.0. The Hall–Kier alpha value is -1.39. The van der Waals surface area contributed by atoms with Gasteiger partial charge in [-0.05, 0) is 50.3 Å². The summed E-state index contributed by atoms with van der Waals surface area (Å²) in [6.45, 7) is 4.05. The van der Waals surface area contributed by atoms with E-state index in [9.17, 15) is 4.79 Å². The van der Waals surface area contributed by atoms with Gasteiger partial charge in [-0.15, -0.1) is 0 Å². The molecule has 0 aromatic heterocycles. The molecule has 1 saturated carbocycles. The summed E-state index contributed by atoms with van der Waals surface area (Å²) in [5.74, 6) is 0.650. The zero-order valence-corrected chi connectivity index (χ0v) is 12.6. The molecule has 1 saturated heterocycles. The highest BCUT2D eigenvalue weighted by Gasteiger charge is 2.45. The fraction of sp³-hybridized carbons (Fsp3) is 0.588. The van der Waals surface area contributed by atoms with Crippen LogP contribution in [0.1, 0.15) is 31.2 Å². The molecule has 21 heavy (non-hydrogen) atoms. The average molecular weight is 287 g/mol. The Morgan fingerprint density at radius 2 is 1.90 bits per heavy atom. The van der Waals surface area contributed by atoms with Gasteiger partial charge < -0.3 is 11.1 Å². The van der Waals surface area contributed by atoms with Gasteiger partial charge in [0, 0.05) is 13.1 Å². The van der Waals surface area contributed by atoms with Crippen LogP contribution in [0.4, 0.5) is 0 Å². The van der Waals surface area contributed by atoms with E-state index in [2.05, 4.69) is 40.5 Å². The Morgan fingerprint density at radius 1 is 1.24 bits per heavy atom. The number of hydrogen-bond acceptors (Lipinski definition) is 3. The number of nitrogens with zero attached hydrogens (tertiary/aromatic N) is 1. The second-order valence-electron chi connectivity index (χ2n) is 6.57. The first-order chi connectivity index (χ1) is 10.2. The van der Waals surface area contributed by atoms with Crippen molar-refractivity contribution >= 4 is 5.91 Å². The Kier molecular flexibility index (Phi) is 4.27. The van der Waals surface area contributed by atoms with Gasteiger partial charge in [0.05, 0.1) is 5.54 Å². The summed E-state index contributed by atoms with van der Waals surface area (Å²) >= 11 is 0. The van der Waals surface area contributed by atoms with Crippen molar-refractivity contribution in [1.29, 1.82) is 0 Å². The van der Waals surface area contributed by atoms with Crippen LogP contribution in [0.15, 0.2) is 30.3 Å². The Balaban J connectivity index is 1.38. The van der Waals surface area contributed by atoms with Crippen LogP contribution < -0.4 is 11.1 Å². The number of likely N-dealkylation sites (tertiary alicyclic amines) is 1. The van der Waals surface area contributed by atoms with Gasteiger partial charge >= 0.3 is 0 Å². The maximum atomic E-state index is 11.8. The van der Waals surface area contributed by atoms with Crippen molar-refractivity contribution in [2.24, 2.45) is 11.7 Å². The minimum absolute atomic E-state index is 0.0502. The van der Waals surface area contributed by atoms with Crippen LogP contribution in [-0.2, 0) is 11.3 Å². The third kappa shape index (κ3) is 3.83. The molecule has 1 aliphatic heterocycles. The van der Waals surface area contributed by atoms with E-state index in [1.54, 1.807) is 0 Å². The minimum atomic E-state index is -0.534. The molecular weight excluding hydrogens is 262 g/mol. The van der Waals surface area contributed by atoms with Crippen molar-refractivity contribution in [3.8, 4) is 0 Å². The van der Waals surface area contributed by atoms with E-state index in [0.29, 0.717) is 5.92 Å². The van der Waals surface area contributed by atoms with Crippen LogP contribution in [-0.4, -0.2) is 36.0 Å². The molecule has 2 aliphatic rings. The number of piperidine rings is 1. The topological polar surface area (TPSA) is 58.4 Å². The molecule has 3 rings (SSSR count). The maximum Gasteiger partial charge on any atom is 0.240 e. The van der Waals surface area contributed by atoms with Crippen molar-refractivity contribution in [3.05, 3.63) is 35.9 Å². The fourth-order valence-corrected chi connectivity index (χ4v) is 2.97. The molecule has 2 fully saturated rings. The van der Waals surface area contributed by atoms with E-state index in [-0.39, 0.29) is 5.91 Å². The standard InChI is InChI=1S/C17H25N3O/c18-17(8-9-17)16(21)19-12-14-6-10-20(11-7-14)13-15-4-2-1-3-5-15/h1-5,14H,6-13,18H2,(H,19,21). The first-order valence-electron chi connectivity index (χ1n) is 7.99. The molecule has 0 radical (unpaired) electrons. The molecule has 3 N–H and O–H groups in total. The molecule has 1 amide bonds. The molecule has 0 spiro atoms. The molecular formula is C17H25N3O. The summed E-state index contributed by atoms with van der Waals surface area (Å²) in [5, 5.41) is 3.04. The number of carbonyl (C=O) groups excluding carboxylic acids is 1. The monoisotopic (exact) mass is 287 g/mol. The number of rotatable bonds is 5. The lowest BCUT2D eigenvalue weighted by Crippen LogP contribution is -2.45. The summed E-state index contributed by atoms with van der Waals surface area (Å²) in [6.07, 6.45) is 4.00. The smallest absolute Gasteiger partial charge is 0.240 e. The number of benzene rings is 1. The van der Waals surface area contributed by atoms with Gasteiger partial charge in [-0.25, -0.2) is 0 Å². The van der Waals surface area contributed by atoms with E-state index < -0.39 is 5.54 Å². The van der Waals surface area contributed by atoms with Crippen molar-refractivity contribution in [2.45, 2.75) is 37.8 Å². The first kappa shape index (κ1) is 14.5. The number of hydrogen-bond donors (Lipinski definition) is 2. The molecule has 4 heteroatoms. The SMILES string of the molecule is NC1(C(=O)NCC2CCN(Cc3ccccc3)CC2)CC1. The number of nitrogens with one attached hydrogen (secondary N) is 1. The van der Waals surface area contributed by atoms with Crippen LogP contribution in [0.3, 0.4) is 0 Å². The minimum Gasteiger partial charge on any atom is -0.354 e. The third-order valence-corrected chi connectivity index (χ3v) is 4.75. The van der Waals surface area contributed by atoms with E-state index in [1.807, 2.05) is 0 Å². The predicted molar refractivity (Wildman–Crippen MR) is 83.6 cm³/mol. The predicted octanol–water partition coefficient (Wildman–Crippen LogP) is 1.51. The fourth-order valence-electron chi connectivity index (χ4n) is 2.97. The molecule has 4 nitrogen and oxygen atoms in total. The summed E-state index contributed by atoms with van der Waals surface area (Å²) < 4.78 is 0. The van der Waals surface area contributed by atoms with Gasteiger partial charge in [0.25, 0.3) is 0 Å². The van der Waals surface area contributed by atoms with E-state index >= 15 is 0 Å². The summed E-state index contributed by atoms with van der Waals surface area (Å²) in [4.78, 5) is 14.3. The van der Waals surface area contributed by atoms with Crippen molar-refractivity contribution in [3.63, 3.8) is 0 Å². The molecule has 0 unspecified atom stereocenters. The van der Waals surface area contributed by atoms with Gasteiger partial charge in [-0.2, -0.15) is 0 Å². The van der Waals surface area contributed by atoms with Gasteiger partial charge in [-0.1, -0.05) is 30.3 Å². The van der Waals surface area contributed by atoms with Gasteiger partial charge in [-0.3, -0.25) is 9.69 Å². The average Bonchev–Trinajstić information content (AvgIpc) is 3.26. The Morgan fingerprint density at radius 3 is 2.52 bits per heavy atom. The lowest BCUT2D eigenvalue weighted by Gasteiger charge is -2.32. The molecule has 1 aromatic carbocycles. The first-order valence-corrected chi connectivity index (χ1v) is 7.99. The third-order valence-electron chi connectivity index (χ3n) is 4.75. The van der Waals surface area contributed by atoms with Gasteiger partial charge in [0.1, 0.15) is 0 Å². The van der Waals surface area contributed by atoms with Crippen LogP contribution in [0, 0.1) is 5.92 Å². The van der Waals surface area contributed by atoms with Crippen LogP contribution in [0.2, 0.25) is 0 Å². The molecule has 1 aliphatic carbocycles. The lowest BCUT2D eigenvalue weighted by molar-refractivity contribution is -0.123. The zero-order chi connectivity index (χ0) is 14.7. The van der Waals surface area contributed by atoms with Crippen molar-refractivity contribution in [1.82, 2.24) is 10.2 Å². The van der Waals surface area contributed by atoms with Crippen LogP contribution in [0.5, 0.6) is 0 Å². The molecule has 0 atom stereocenters. The lowest BCUT2D eigenvalue weighted by atomic mass is 9.96. The van der Waals surface area contributed by atoms with Gasteiger partial charge in [0.15, 0.2) is 0 Å². The molecule has 1 aromatic rings. The molecule has 0 bridgehead atoms. The number of amides is 1. The molecule has 114 valence electrons. The quantitative estimate of drug-likeness (QED) is 0.863. The van der Waals surface area contributed by atoms with E-state index in [1.165, 1.54) is 5.56 Å². The van der Waals surface area contributed by atoms with Gasteiger partial charge in [0.2, 0.25) is 5.91 Å². The van der Waals surface area contributed by atoms with Crippen molar-refractivity contribution in [2.75, 3.05) is 19.6 Å². The number of nitrogens with two attached hydrogens (primary N) is 1. The number of carbonyl (C=O) groups is 1. The largest absolute Gasteiger partial charge is 0.354 e. The summed E-state index contributed by atoms with van der Waals surface area (Å²) in [5.41, 5.74) is 6.74. The Labute approximate surface area is 126 Å². The Bertz CT molecular complexity index is 476. The van der Waals surface area contributed by atoms with Crippen LogP contribution in [0.25, 0.3) is 0 Å². The second-order valence-corrected chi connectivity index (χ2v) is 6.57.